The van der Waals surface area contributed by atoms with E-state index in [2.05, 4.69) is 28.3 Å². The molecule has 0 radical (unpaired) electrons. The van der Waals surface area contributed by atoms with Gasteiger partial charge in [-0.05, 0) is 30.8 Å². The molecule has 26 heavy (non-hydrogen) atoms. The molecule has 0 spiro atoms. The smallest absolute Gasteiger partial charge is 0.241 e. The molecule has 0 aliphatic carbocycles. The lowest BCUT2D eigenvalue weighted by Crippen LogP contribution is -2.36. The predicted molar refractivity (Wildman–Crippen MR) is 109 cm³/mol. The van der Waals surface area contributed by atoms with Gasteiger partial charge in [0.15, 0.2) is 0 Å². The molecule has 2 aromatic carbocycles. The Hall–Kier alpha value is -2.21. The third-order valence-corrected chi connectivity index (χ3v) is 5.64. The largest absolute Gasteiger partial charge is 0.301 e. The maximum absolute atomic E-state index is 12.7. The summed E-state index contributed by atoms with van der Waals surface area (Å²) in [5.41, 5.74) is 1.20. The summed E-state index contributed by atoms with van der Waals surface area (Å²) < 4.78 is 28.1. The second-order valence-corrected chi connectivity index (χ2v) is 7.80. The molecule has 4 nitrogen and oxygen atoms in total. The van der Waals surface area contributed by atoms with Gasteiger partial charge in [-0.2, -0.15) is 0 Å². The van der Waals surface area contributed by atoms with E-state index in [1.54, 1.807) is 6.07 Å². The van der Waals surface area contributed by atoms with E-state index in [0.717, 1.165) is 11.8 Å². The fourth-order valence-corrected chi connectivity index (χ4v) is 3.97. The van der Waals surface area contributed by atoms with E-state index in [1.807, 2.05) is 56.4 Å². The molecular weight excluding hydrogens is 344 g/mol. The topological polar surface area (TPSA) is 49.4 Å². The molecule has 2 aromatic rings. The van der Waals surface area contributed by atoms with Crippen LogP contribution < -0.4 is 15.2 Å². The van der Waals surface area contributed by atoms with Gasteiger partial charge in [0.05, 0.1) is 4.91 Å². The molecule has 138 valence electrons. The number of rotatable bonds is 8. The first-order valence-corrected chi connectivity index (χ1v) is 10.1. The Kier molecular flexibility index (Phi) is 7.33. The van der Waals surface area contributed by atoms with Gasteiger partial charge in [-0.15, -0.1) is 0 Å². The van der Waals surface area contributed by atoms with Gasteiger partial charge in [0.25, 0.3) is 0 Å². The van der Waals surface area contributed by atoms with Crippen molar-refractivity contribution in [2.24, 2.45) is 0 Å². The summed E-state index contributed by atoms with van der Waals surface area (Å²) in [5.74, 6) is 0. The average molecular weight is 371 g/mol. The number of nitrogens with zero attached hydrogens (tertiary/aromatic N) is 1. The van der Waals surface area contributed by atoms with Gasteiger partial charge in [0, 0.05) is 24.9 Å². The molecule has 0 bridgehead atoms. The van der Waals surface area contributed by atoms with Crippen LogP contribution in [0.25, 0.3) is 11.0 Å². The Balaban J connectivity index is 2.09. The third-order valence-electron chi connectivity index (χ3n) is 4.09. The van der Waals surface area contributed by atoms with Crippen LogP contribution in [-0.4, -0.2) is 33.5 Å². The quantitative estimate of drug-likeness (QED) is 0.771. The van der Waals surface area contributed by atoms with Gasteiger partial charge in [0.2, 0.25) is 10.0 Å². The molecule has 0 aliphatic heterocycles. The number of nitrogens with one attached hydrogen (secondary N) is 1. The summed E-state index contributed by atoms with van der Waals surface area (Å²) in [5, 5.41) is 1.53. The molecule has 0 heterocycles. The van der Waals surface area contributed by atoms with E-state index in [4.69, 9.17) is 0 Å². The molecule has 0 aromatic heterocycles. The van der Waals surface area contributed by atoms with E-state index >= 15 is 0 Å². The lowest BCUT2D eigenvalue weighted by molar-refractivity contribution is 0.332. The second-order valence-electron chi connectivity index (χ2n) is 6.07. The van der Waals surface area contributed by atoms with Gasteiger partial charge >= 0.3 is 0 Å². The first kappa shape index (κ1) is 20.1. The van der Waals surface area contributed by atoms with Gasteiger partial charge in [0.1, 0.15) is 0 Å². The number of hydrogen-bond donors (Lipinski definition) is 1. The van der Waals surface area contributed by atoms with Gasteiger partial charge < -0.3 is 4.90 Å². The van der Waals surface area contributed by atoms with E-state index in [9.17, 15) is 8.42 Å². The summed E-state index contributed by atoms with van der Waals surface area (Å²) in [6, 6.07) is 17.5. The highest BCUT2D eigenvalue weighted by molar-refractivity contribution is 7.98. The monoisotopic (exact) mass is 370 g/mol. The van der Waals surface area contributed by atoms with Gasteiger partial charge in [-0.1, -0.05) is 67.3 Å². The molecule has 0 unspecified atom stereocenters. The summed E-state index contributed by atoms with van der Waals surface area (Å²) in [6.07, 6.45) is 3.29. The highest BCUT2D eigenvalue weighted by Crippen LogP contribution is 2.05. The van der Waals surface area contributed by atoms with Crippen LogP contribution in [0.2, 0.25) is 0 Å². The average Bonchev–Trinajstić information content (AvgIpc) is 2.63. The van der Waals surface area contributed by atoms with Crippen molar-refractivity contribution in [2.75, 3.05) is 20.1 Å². The van der Waals surface area contributed by atoms with Crippen LogP contribution in [0.1, 0.15) is 12.5 Å². The van der Waals surface area contributed by atoms with E-state index in [1.165, 1.54) is 11.6 Å². The van der Waals surface area contributed by atoms with Crippen molar-refractivity contribution < 1.29 is 8.42 Å². The highest BCUT2D eigenvalue weighted by atomic mass is 32.2. The van der Waals surface area contributed by atoms with Crippen LogP contribution in [0.3, 0.4) is 0 Å². The van der Waals surface area contributed by atoms with Crippen LogP contribution in [0.15, 0.2) is 67.3 Å². The van der Waals surface area contributed by atoms with Crippen molar-refractivity contribution in [1.82, 2.24) is 9.62 Å². The Morgan fingerprint density at radius 3 is 2.42 bits per heavy atom. The SMILES string of the molecule is C=C/C(=c1/cccc/c1=C/C)S(=O)(=O)NCCN(C)Cc1ccccc1. The van der Waals surface area contributed by atoms with Crippen LogP contribution >= 0.6 is 0 Å². The van der Waals surface area contributed by atoms with Crippen molar-refractivity contribution in [3.8, 4) is 0 Å². The van der Waals surface area contributed by atoms with E-state index < -0.39 is 10.0 Å². The highest BCUT2D eigenvalue weighted by Gasteiger charge is 2.15. The molecule has 0 atom stereocenters. The minimum Gasteiger partial charge on any atom is -0.301 e. The number of sulfonamides is 1. The zero-order valence-electron chi connectivity index (χ0n) is 15.4. The normalized spacial score (nSPS) is 13.7. The Morgan fingerprint density at radius 1 is 1.12 bits per heavy atom. The maximum Gasteiger partial charge on any atom is 0.241 e. The Bertz CT molecular complexity index is 951. The summed E-state index contributed by atoms with van der Waals surface area (Å²) >= 11 is 0. The number of benzene rings is 2. The van der Waals surface area contributed by atoms with Crippen LogP contribution in [-0.2, 0) is 16.6 Å². The molecule has 0 saturated heterocycles. The zero-order chi connectivity index (χ0) is 19.0. The lowest BCUT2D eigenvalue weighted by Gasteiger charge is -2.17. The molecule has 2 rings (SSSR count). The van der Waals surface area contributed by atoms with Crippen molar-refractivity contribution in [2.45, 2.75) is 13.5 Å². The minimum atomic E-state index is -3.62. The summed E-state index contributed by atoms with van der Waals surface area (Å²) in [7, 11) is -1.65. The first-order chi connectivity index (χ1) is 12.5. The van der Waals surface area contributed by atoms with Crippen molar-refractivity contribution >= 4 is 21.0 Å². The third kappa shape index (κ3) is 5.39. The molecule has 0 aliphatic rings. The van der Waals surface area contributed by atoms with Crippen molar-refractivity contribution in [1.29, 1.82) is 0 Å². The predicted octanol–water partition coefficient (Wildman–Crippen LogP) is 1.83. The number of hydrogen-bond acceptors (Lipinski definition) is 3. The van der Waals surface area contributed by atoms with E-state index in [-0.39, 0.29) is 4.91 Å². The molecule has 5 heteroatoms. The van der Waals surface area contributed by atoms with E-state index in [0.29, 0.717) is 18.3 Å². The maximum atomic E-state index is 12.7. The molecule has 1 N–H and O–H groups in total. The lowest BCUT2D eigenvalue weighted by atomic mass is 10.2. The summed E-state index contributed by atoms with van der Waals surface area (Å²) in [4.78, 5) is 2.29. The Morgan fingerprint density at radius 2 is 1.77 bits per heavy atom. The van der Waals surface area contributed by atoms with Crippen LogP contribution in [0.4, 0.5) is 0 Å². The summed E-state index contributed by atoms with van der Waals surface area (Å²) in [6.45, 7) is 7.30. The van der Waals surface area contributed by atoms with Crippen molar-refractivity contribution in [3.63, 3.8) is 0 Å². The first-order valence-electron chi connectivity index (χ1n) is 8.58. The minimum absolute atomic E-state index is 0.205. The van der Waals surface area contributed by atoms with Gasteiger partial charge in [-0.25, -0.2) is 13.1 Å². The fraction of sp³-hybridized carbons (Fsp3) is 0.238. The van der Waals surface area contributed by atoms with Crippen LogP contribution in [0.5, 0.6) is 0 Å². The molecule has 0 amide bonds. The van der Waals surface area contributed by atoms with Crippen LogP contribution in [0, 0.1) is 0 Å². The fourth-order valence-electron chi connectivity index (χ4n) is 2.76. The molecule has 0 fully saturated rings. The molecule has 0 saturated carbocycles. The number of likely N-dealkylation sites (N-methyl/N-ethyl adjacent to an activating group) is 1. The second kappa shape index (κ2) is 9.48. The zero-order valence-corrected chi connectivity index (χ0v) is 16.2. The standard InChI is InChI=1S/C21H26N2O2S/c1-4-19-13-9-10-14-20(19)21(5-2)26(24,25)22-15-16-23(3)17-18-11-7-6-8-12-18/h4-14,22H,2,15-17H2,1,3H3/b19-4-,21-20+. The van der Waals surface area contributed by atoms with Crippen molar-refractivity contribution in [3.05, 3.63) is 83.3 Å². The van der Waals surface area contributed by atoms with Gasteiger partial charge in [-0.3, -0.25) is 0 Å². The molecular formula is C21H26N2O2S. The Labute approximate surface area is 156 Å².